The van der Waals surface area contributed by atoms with Crippen LogP contribution in [0.4, 0.5) is 14.5 Å². The van der Waals surface area contributed by atoms with Crippen molar-refractivity contribution in [1.82, 2.24) is 14.9 Å². The highest BCUT2D eigenvalue weighted by atomic mass is 19.1. The number of halogens is 2. The fourth-order valence-corrected chi connectivity index (χ4v) is 4.79. The molecule has 2 atom stereocenters. The van der Waals surface area contributed by atoms with Crippen molar-refractivity contribution in [2.45, 2.75) is 31.7 Å². The molecule has 32 heavy (non-hydrogen) atoms. The predicted octanol–water partition coefficient (Wildman–Crippen LogP) is 4.11. The normalized spacial score (nSPS) is 21.2. The third-order valence-corrected chi connectivity index (χ3v) is 6.46. The Balaban J connectivity index is 1.39. The van der Waals surface area contributed by atoms with Gasteiger partial charge in [0.25, 0.3) is 5.91 Å². The van der Waals surface area contributed by atoms with Crippen molar-refractivity contribution in [2.75, 3.05) is 31.2 Å². The zero-order valence-corrected chi connectivity index (χ0v) is 17.8. The molecule has 168 valence electrons. The molecule has 4 heterocycles. The van der Waals surface area contributed by atoms with Gasteiger partial charge in [0, 0.05) is 37.1 Å². The summed E-state index contributed by atoms with van der Waals surface area (Å²) in [5, 5.41) is 7.32. The van der Waals surface area contributed by atoms with E-state index in [-0.39, 0.29) is 11.9 Å². The molecule has 3 aromatic rings. The number of pyridine rings is 1. The number of anilines is 1. The van der Waals surface area contributed by atoms with E-state index in [0.717, 1.165) is 50.6 Å². The molecule has 2 aliphatic heterocycles. The number of benzene rings is 1. The summed E-state index contributed by atoms with van der Waals surface area (Å²) >= 11 is 0. The monoisotopic (exact) mass is 440 g/mol. The molecule has 5 rings (SSSR count). The molecule has 1 amide bonds. The van der Waals surface area contributed by atoms with Crippen molar-refractivity contribution in [1.29, 1.82) is 0 Å². The maximum absolute atomic E-state index is 14.5. The van der Waals surface area contributed by atoms with E-state index in [9.17, 15) is 13.6 Å². The molecule has 1 N–H and O–H groups in total. The number of fused-ring (bicyclic) bond motifs is 1. The van der Waals surface area contributed by atoms with E-state index in [0.29, 0.717) is 35.7 Å². The summed E-state index contributed by atoms with van der Waals surface area (Å²) in [5.41, 5.74) is 2.41. The highest BCUT2D eigenvalue weighted by Crippen LogP contribution is 2.38. The molecule has 0 saturated carbocycles. The summed E-state index contributed by atoms with van der Waals surface area (Å²) in [6.45, 7) is 2.77. The summed E-state index contributed by atoms with van der Waals surface area (Å²) in [7, 11) is 0. The first-order valence-corrected chi connectivity index (χ1v) is 11.1. The highest BCUT2D eigenvalue weighted by Gasteiger charge is 2.29. The quantitative estimate of drug-likeness (QED) is 0.649. The minimum absolute atomic E-state index is 0.170. The maximum atomic E-state index is 14.5. The molecule has 2 aliphatic rings. The lowest BCUT2D eigenvalue weighted by atomic mass is 10.0. The van der Waals surface area contributed by atoms with E-state index in [1.807, 2.05) is 12.1 Å². The summed E-state index contributed by atoms with van der Waals surface area (Å²) in [4.78, 5) is 14.9. The molecule has 0 aliphatic carbocycles. The molecule has 2 saturated heterocycles. The Labute approximate surface area is 185 Å². The Kier molecular flexibility index (Phi) is 5.78. The van der Waals surface area contributed by atoms with Gasteiger partial charge in [-0.15, -0.1) is 0 Å². The van der Waals surface area contributed by atoms with Gasteiger partial charge in [-0.2, -0.15) is 5.10 Å². The summed E-state index contributed by atoms with van der Waals surface area (Å²) in [6.07, 6.45) is 7.05. The van der Waals surface area contributed by atoms with E-state index >= 15 is 0 Å². The zero-order valence-electron chi connectivity index (χ0n) is 17.8. The van der Waals surface area contributed by atoms with Gasteiger partial charge in [-0.25, -0.2) is 13.3 Å². The fourth-order valence-electron chi connectivity index (χ4n) is 4.79. The zero-order chi connectivity index (χ0) is 22.1. The van der Waals surface area contributed by atoms with Gasteiger partial charge in [-0.3, -0.25) is 4.79 Å². The molecular weight excluding hydrogens is 414 g/mol. The van der Waals surface area contributed by atoms with Crippen LogP contribution in [0.25, 0.3) is 5.52 Å². The van der Waals surface area contributed by atoms with Gasteiger partial charge in [0.05, 0.1) is 29.9 Å². The minimum Gasteiger partial charge on any atom is -0.381 e. The number of aromatic nitrogens is 2. The minimum atomic E-state index is -0.443. The second-order valence-corrected chi connectivity index (χ2v) is 8.58. The molecular formula is C24H26F2N4O2. The smallest absolute Gasteiger partial charge is 0.255 e. The lowest BCUT2D eigenvalue weighted by Gasteiger charge is -2.27. The van der Waals surface area contributed by atoms with Crippen LogP contribution in [0.3, 0.4) is 0 Å². The first kappa shape index (κ1) is 20.9. The number of ether oxygens (including phenoxy) is 1. The van der Waals surface area contributed by atoms with Crippen LogP contribution in [-0.4, -0.2) is 41.8 Å². The second-order valence-electron chi connectivity index (χ2n) is 8.58. The Hall–Kier alpha value is -3.00. The number of hydrogen-bond acceptors (Lipinski definition) is 4. The average Bonchev–Trinajstić information content (AvgIpc) is 3.46. The van der Waals surface area contributed by atoms with Gasteiger partial charge in [-0.05, 0) is 61.9 Å². The maximum Gasteiger partial charge on any atom is 0.255 e. The number of nitrogens with zero attached hydrogens (tertiary/aromatic N) is 3. The molecule has 0 spiro atoms. The number of nitrogens with one attached hydrogen (secondary N) is 1. The van der Waals surface area contributed by atoms with E-state index in [1.54, 1.807) is 16.9 Å². The van der Waals surface area contributed by atoms with E-state index in [1.165, 1.54) is 12.1 Å². The Morgan fingerprint density at radius 1 is 1.19 bits per heavy atom. The third kappa shape index (κ3) is 4.07. The van der Waals surface area contributed by atoms with Crippen molar-refractivity contribution in [2.24, 2.45) is 5.92 Å². The first-order chi connectivity index (χ1) is 15.6. The summed E-state index contributed by atoms with van der Waals surface area (Å²) in [6, 6.07) is 7.16. The van der Waals surface area contributed by atoms with Gasteiger partial charge in [0.1, 0.15) is 11.6 Å². The van der Waals surface area contributed by atoms with Crippen molar-refractivity contribution in [3.05, 3.63) is 65.5 Å². The molecule has 2 fully saturated rings. The van der Waals surface area contributed by atoms with Gasteiger partial charge in [-0.1, -0.05) is 0 Å². The van der Waals surface area contributed by atoms with Crippen LogP contribution < -0.4 is 10.2 Å². The van der Waals surface area contributed by atoms with Crippen molar-refractivity contribution < 1.29 is 18.3 Å². The number of rotatable bonds is 5. The van der Waals surface area contributed by atoms with Crippen LogP contribution in [-0.2, 0) is 4.74 Å². The summed E-state index contributed by atoms with van der Waals surface area (Å²) < 4.78 is 35.4. The number of hydrogen-bond donors (Lipinski definition) is 1. The number of carbonyl (C=O) groups excluding carboxylic acids is 1. The van der Waals surface area contributed by atoms with Crippen molar-refractivity contribution in [3.8, 4) is 0 Å². The first-order valence-electron chi connectivity index (χ1n) is 11.1. The van der Waals surface area contributed by atoms with Crippen LogP contribution in [0.15, 0.2) is 42.7 Å². The van der Waals surface area contributed by atoms with Crippen LogP contribution in [0.2, 0.25) is 0 Å². The number of carbonyl (C=O) groups is 1. The lowest BCUT2D eigenvalue weighted by Crippen LogP contribution is -2.33. The van der Waals surface area contributed by atoms with E-state index in [2.05, 4.69) is 15.3 Å². The molecule has 0 radical (unpaired) electrons. The fraction of sp³-hybridized carbons (Fsp3) is 0.417. The van der Waals surface area contributed by atoms with Crippen LogP contribution in [0.5, 0.6) is 0 Å². The van der Waals surface area contributed by atoms with Crippen LogP contribution >= 0.6 is 0 Å². The average molecular weight is 440 g/mol. The van der Waals surface area contributed by atoms with Crippen LogP contribution in [0, 0.1) is 17.6 Å². The predicted molar refractivity (Wildman–Crippen MR) is 117 cm³/mol. The topological polar surface area (TPSA) is 58.9 Å². The molecule has 2 unspecified atom stereocenters. The summed E-state index contributed by atoms with van der Waals surface area (Å²) in [5.74, 6) is -0.684. The van der Waals surface area contributed by atoms with Crippen molar-refractivity contribution in [3.63, 3.8) is 0 Å². The van der Waals surface area contributed by atoms with Crippen LogP contribution in [0.1, 0.15) is 47.6 Å². The van der Waals surface area contributed by atoms with Gasteiger partial charge in [0.2, 0.25) is 0 Å². The Morgan fingerprint density at radius 2 is 2.09 bits per heavy atom. The molecule has 2 aromatic heterocycles. The van der Waals surface area contributed by atoms with E-state index < -0.39 is 11.6 Å². The molecule has 8 heteroatoms. The molecule has 1 aromatic carbocycles. The van der Waals surface area contributed by atoms with Gasteiger partial charge in [0.15, 0.2) is 0 Å². The Morgan fingerprint density at radius 3 is 2.94 bits per heavy atom. The SMILES string of the molecule is O=C(NCC1CCCOC1)c1cnn2ccc(N3CCCC3c3cc(F)ccc3F)cc12. The Bertz CT molecular complexity index is 1130. The van der Waals surface area contributed by atoms with E-state index in [4.69, 9.17) is 4.74 Å². The largest absolute Gasteiger partial charge is 0.381 e. The number of amides is 1. The van der Waals surface area contributed by atoms with Gasteiger partial charge < -0.3 is 15.0 Å². The third-order valence-electron chi connectivity index (χ3n) is 6.46. The molecule has 6 nitrogen and oxygen atoms in total. The highest BCUT2D eigenvalue weighted by molar-refractivity contribution is 6.01. The standard InChI is InChI=1S/C24H26F2N4O2/c25-17-5-6-21(26)19(11-17)22-4-1-8-29(22)18-7-9-30-23(12-18)20(14-28-30)24(31)27-13-16-3-2-10-32-15-16/h5-7,9,11-12,14,16,22H,1-4,8,10,13,15H2,(H,27,31). The second kappa shape index (κ2) is 8.86. The van der Waals surface area contributed by atoms with Gasteiger partial charge >= 0.3 is 0 Å². The lowest BCUT2D eigenvalue weighted by molar-refractivity contribution is 0.0536. The van der Waals surface area contributed by atoms with Crippen molar-refractivity contribution >= 4 is 17.1 Å². The molecule has 0 bridgehead atoms.